The van der Waals surface area contributed by atoms with Crippen LogP contribution >= 0.6 is 0 Å². The summed E-state index contributed by atoms with van der Waals surface area (Å²) in [6.45, 7) is 2.11. The Morgan fingerprint density at radius 1 is 1.17 bits per heavy atom. The van der Waals surface area contributed by atoms with Gasteiger partial charge >= 0.3 is 0 Å². The lowest BCUT2D eigenvalue weighted by atomic mass is 10.0. The third-order valence-electron chi connectivity index (χ3n) is 3.68. The van der Waals surface area contributed by atoms with E-state index in [-0.39, 0.29) is 18.1 Å². The standard InChI is InChI=1S/C18H22F2N4/c1-12-6-4-7-13(10-12)23-18(21)22-11-16(24(2)3)17-14(19)8-5-9-15(17)20/h4-10,16H,11H2,1-3H3,(H3,21,22,23). The summed E-state index contributed by atoms with van der Waals surface area (Å²) in [5.41, 5.74) is 7.79. The van der Waals surface area contributed by atoms with Gasteiger partial charge in [-0.1, -0.05) is 18.2 Å². The smallest absolute Gasteiger partial charge is 0.193 e. The van der Waals surface area contributed by atoms with E-state index < -0.39 is 17.7 Å². The lowest BCUT2D eigenvalue weighted by Crippen LogP contribution is -2.28. The third-order valence-corrected chi connectivity index (χ3v) is 3.68. The molecule has 0 spiro atoms. The van der Waals surface area contributed by atoms with Crippen LogP contribution in [0.15, 0.2) is 47.5 Å². The topological polar surface area (TPSA) is 53.6 Å². The summed E-state index contributed by atoms with van der Waals surface area (Å²) in [5, 5.41) is 2.98. The highest BCUT2D eigenvalue weighted by molar-refractivity contribution is 5.92. The Labute approximate surface area is 141 Å². The molecule has 0 aliphatic carbocycles. The number of nitrogens with two attached hydrogens (primary N) is 1. The Morgan fingerprint density at radius 3 is 2.38 bits per heavy atom. The molecular weight excluding hydrogens is 310 g/mol. The lowest BCUT2D eigenvalue weighted by molar-refractivity contribution is 0.290. The van der Waals surface area contributed by atoms with Gasteiger partial charge in [-0.25, -0.2) is 8.78 Å². The van der Waals surface area contributed by atoms with E-state index in [4.69, 9.17) is 5.73 Å². The Morgan fingerprint density at radius 2 is 1.79 bits per heavy atom. The molecule has 0 amide bonds. The number of likely N-dealkylation sites (N-methyl/N-ethyl adjacent to an activating group) is 1. The fraction of sp³-hybridized carbons (Fsp3) is 0.278. The van der Waals surface area contributed by atoms with Crippen LogP contribution < -0.4 is 11.1 Å². The molecule has 1 atom stereocenters. The van der Waals surface area contributed by atoms with Gasteiger partial charge in [0.15, 0.2) is 5.96 Å². The van der Waals surface area contributed by atoms with Gasteiger partial charge in [0.25, 0.3) is 0 Å². The highest BCUT2D eigenvalue weighted by Crippen LogP contribution is 2.24. The predicted molar refractivity (Wildman–Crippen MR) is 94.1 cm³/mol. The van der Waals surface area contributed by atoms with Gasteiger partial charge in [0.2, 0.25) is 0 Å². The maximum absolute atomic E-state index is 14.0. The fourth-order valence-corrected chi connectivity index (χ4v) is 2.44. The van der Waals surface area contributed by atoms with Crippen LogP contribution in [0.2, 0.25) is 0 Å². The van der Waals surface area contributed by atoms with Gasteiger partial charge in [-0.05, 0) is 50.8 Å². The molecule has 4 nitrogen and oxygen atoms in total. The predicted octanol–water partition coefficient (Wildman–Crippen LogP) is 3.30. The highest BCUT2D eigenvalue weighted by Gasteiger charge is 2.21. The number of anilines is 1. The summed E-state index contributed by atoms with van der Waals surface area (Å²) in [6, 6.07) is 11.0. The minimum atomic E-state index is -0.589. The van der Waals surface area contributed by atoms with Crippen LogP contribution in [-0.2, 0) is 0 Å². The van der Waals surface area contributed by atoms with Crippen molar-refractivity contribution in [3.05, 3.63) is 65.2 Å². The first-order valence-electron chi connectivity index (χ1n) is 7.62. The quantitative estimate of drug-likeness (QED) is 0.652. The summed E-state index contributed by atoms with van der Waals surface area (Å²) in [5.74, 6) is -0.979. The molecule has 6 heteroatoms. The number of nitrogens with zero attached hydrogens (tertiary/aromatic N) is 2. The number of nitrogens with one attached hydrogen (secondary N) is 1. The van der Waals surface area contributed by atoms with Gasteiger partial charge in [-0.2, -0.15) is 0 Å². The molecule has 2 rings (SSSR count). The van der Waals surface area contributed by atoms with Crippen molar-refractivity contribution in [3.63, 3.8) is 0 Å². The van der Waals surface area contributed by atoms with Gasteiger partial charge in [-0.3, -0.25) is 4.99 Å². The molecule has 0 saturated carbocycles. The van der Waals surface area contributed by atoms with E-state index in [1.165, 1.54) is 18.2 Å². The second-order valence-electron chi connectivity index (χ2n) is 5.84. The van der Waals surface area contributed by atoms with Crippen LogP contribution in [0.4, 0.5) is 14.5 Å². The molecule has 2 aromatic carbocycles. The second kappa shape index (κ2) is 7.88. The van der Waals surface area contributed by atoms with Crippen molar-refractivity contribution in [2.75, 3.05) is 26.0 Å². The monoisotopic (exact) mass is 332 g/mol. The van der Waals surface area contributed by atoms with E-state index >= 15 is 0 Å². The van der Waals surface area contributed by atoms with E-state index in [9.17, 15) is 8.78 Å². The van der Waals surface area contributed by atoms with Gasteiger partial charge in [-0.15, -0.1) is 0 Å². The molecular formula is C18H22F2N4. The number of benzene rings is 2. The zero-order chi connectivity index (χ0) is 17.7. The van der Waals surface area contributed by atoms with Crippen LogP contribution in [0.5, 0.6) is 0 Å². The first kappa shape index (κ1) is 17.9. The molecule has 3 N–H and O–H groups in total. The van der Waals surface area contributed by atoms with Crippen molar-refractivity contribution < 1.29 is 8.78 Å². The molecule has 0 aliphatic heterocycles. The lowest BCUT2D eigenvalue weighted by Gasteiger charge is -2.24. The zero-order valence-corrected chi connectivity index (χ0v) is 14.1. The van der Waals surface area contributed by atoms with Crippen molar-refractivity contribution in [1.82, 2.24) is 4.90 Å². The summed E-state index contributed by atoms with van der Waals surface area (Å²) in [6.07, 6.45) is 0. The number of guanidine groups is 1. The normalized spacial score (nSPS) is 13.2. The van der Waals surface area contributed by atoms with Crippen molar-refractivity contribution >= 4 is 11.6 Å². The zero-order valence-electron chi connectivity index (χ0n) is 14.1. The molecule has 0 fully saturated rings. The highest BCUT2D eigenvalue weighted by atomic mass is 19.1. The largest absolute Gasteiger partial charge is 0.370 e. The van der Waals surface area contributed by atoms with E-state index in [0.29, 0.717) is 0 Å². The van der Waals surface area contributed by atoms with E-state index in [2.05, 4.69) is 10.3 Å². The van der Waals surface area contributed by atoms with Crippen LogP contribution in [0.25, 0.3) is 0 Å². The van der Waals surface area contributed by atoms with Crippen LogP contribution in [0, 0.1) is 18.6 Å². The van der Waals surface area contributed by atoms with Gasteiger partial charge in [0, 0.05) is 11.3 Å². The number of hydrogen-bond donors (Lipinski definition) is 2. The second-order valence-corrected chi connectivity index (χ2v) is 5.84. The minimum Gasteiger partial charge on any atom is -0.370 e. The molecule has 0 bridgehead atoms. The number of rotatable bonds is 5. The molecule has 0 aliphatic rings. The Balaban J connectivity index is 2.16. The Bertz CT molecular complexity index is 708. The summed E-state index contributed by atoms with van der Waals surface area (Å²) < 4.78 is 28.0. The van der Waals surface area contributed by atoms with Gasteiger partial charge in [0.05, 0.1) is 12.6 Å². The molecule has 0 radical (unpaired) electrons. The van der Waals surface area contributed by atoms with Crippen molar-refractivity contribution in [1.29, 1.82) is 0 Å². The maximum Gasteiger partial charge on any atom is 0.193 e. The van der Waals surface area contributed by atoms with Crippen LogP contribution in [0.1, 0.15) is 17.2 Å². The SMILES string of the molecule is Cc1cccc(NC(N)=NCC(c2c(F)cccc2F)N(C)C)c1. The Kier molecular flexibility index (Phi) is 5.87. The minimum absolute atomic E-state index is 0.00499. The molecule has 0 heterocycles. The van der Waals surface area contributed by atoms with Crippen molar-refractivity contribution in [3.8, 4) is 0 Å². The summed E-state index contributed by atoms with van der Waals surface area (Å²) in [7, 11) is 3.49. The van der Waals surface area contributed by atoms with E-state index in [1.807, 2.05) is 31.2 Å². The average Bonchev–Trinajstić information content (AvgIpc) is 2.49. The van der Waals surface area contributed by atoms with Gasteiger partial charge < -0.3 is 16.0 Å². The molecule has 24 heavy (non-hydrogen) atoms. The number of aryl methyl sites for hydroxylation is 1. The molecule has 2 aromatic rings. The molecule has 0 aromatic heterocycles. The first-order chi connectivity index (χ1) is 11.4. The van der Waals surface area contributed by atoms with Crippen LogP contribution in [0.3, 0.4) is 0 Å². The van der Waals surface area contributed by atoms with Crippen molar-refractivity contribution in [2.45, 2.75) is 13.0 Å². The molecule has 0 saturated heterocycles. The summed E-state index contributed by atoms with van der Waals surface area (Å²) in [4.78, 5) is 5.95. The molecule has 128 valence electrons. The van der Waals surface area contributed by atoms with Crippen LogP contribution in [-0.4, -0.2) is 31.5 Å². The maximum atomic E-state index is 14.0. The van der Waals surface area contributed by atoms with Crippen molar-refractivity contribution in [2.24, 2.45) is 10.7 Å². The fourth-order valence-electron chi connectivity index (χ4n) is 2.44. The number of halogens is 2. The Hall–Kier alpha value is -2.47. The average molecular weight is 332 g/mol. The van der Waals surface area contributed by atoms with E-state index in [1.54, 1.807) is 19.0 Å². The first-order valence-corrected chi connectivity index (χ1v) is 7.62. The number of aliphatic imine (C=N–C) groups is 1. The van der Waals surface area contributed by atoms with E-state index in [0.717, 1.165) is 11.3 Å². The number of hydrogen-bond acceptors (Lipinski definition) is 2. The molecule has 1 unspecified atom stereocenters. The third kappa shape index (κ3) is 4.52. The summed E-state index contributed by atoms with van der Waals surface area (Å²) >= 11 is 0. The van der Waals surface area contributed by atoms with Gasteiger partial charge in [0.1, 0.15) is 11.6 Å².